The number of amides is 1. The zero-order chi connectivity index (χ0) is 8.43. The molecular formula is C8H16N2O. The summed E-state index contributed by atoms with van der Waals surface area (Å²) in [5.41, 5.74) is 0. The average molecular weight is 156 g/mol. The Morgan fingerprint density at radius 1 is 1.55 bits per heavy atom. The molecule has 1 saturated heterocycles. The first-order chi connectivity index (χ1) is 5.09. The number of rotatable bonds is 2. The number of likely N-dealkylation sites (tertiary alicyclic amines) is 1. The Kier molecular flexibility index (Phi) is 2.49. The van der Waals surface area contributed by atoms with Crippen molar-refractivity contribution in [3.05, 3.63) is 0 Å². The summed E-state index contributed by atoms with van der Waals surface area (Å²) in [6.45, 7) is 5.83. The molecule has 3 nitrogen and oxygen atoms in total. The summed E-state index contributed by atoms with van der Waals surface area (Å²) in [6, 6.07) is 0.398. The Morgan fingerprint density at radius 2 is 2.09 bits per heavy atom. The molecule has 0 bridgehead atoms. The third-order valence-electron chi connectivity index (χ3n) is 1.93. The van der Waals surface area contributed by atoms with E-state index in [-0.39, 0.29) is 11.8 Å². The van der Waals surface area contributed by atoms with Crippen LogP contribution in [0.5, 0.6) is 0 Å². The van der Waals surface area contributed by atoms with Gasteiger partial charge in [0, 0.05) is 19.0 Å². The molecule has 11 heavy (non-hydrogen) atoms. The molecule has 1 N–H and O–H groups in total. The fourth-order valence-electron chi connectivity index (χ4n) is 1.16. The van der Waals surface area contributed by atoms with E-state index in [9.17, 15) is 4.79 Å². The summed E-state index contributed by atoms with van der Waals surface area (Å²) >= 11 is 0. The molecule has 1 fully saturated rings. The first kappa shape index (κ1) is 8.53. The third-order valence-corrected chi connectivity index (χ3v) is 1.93. The predicted octanol–water partition coefficient (Wildman–Crippen LogP) is 0.0726. The molecule has 1 heterocycles. The van der Waals surface area contributed by atoms with Gasteiger partial charge in [-0.05, 0) is 7.05 Å². The summed E-state index contributed by atoms with van der Waals surface area (Å²) in [6.07, 6.45) is 0. The highest BCUT2D eigenvalue weighted by Crippen LogP contribution is 2.04. The second-order valence-electron chi connectivity index (χ2n) is 3.58. The van der Waals surface area contributed by atoms with Gasteiger partial charge >= 0.3 is 0 Å². The molecule has 1 aliphatic rings. The molecule has 0 atom stereocenters. The van der Waals surface area contributed by atoms with E-state index in [4.69, 9.17) is 0 Å². The van der Waals surface area contributed by atoms with Crippen LogP contribution in [-0.4, -0.2) is 37.0 Å². The highest BCUT2D eigenvalue weighted by molar-refractivity contribution is 5.78. The molecule has 3 heteroatoms. The van der Waals surface area contributed by atoms with Gasteiger partial charge in [0.1, 0.15) is 0 Å². The summed E-state index contributed by atoms with van der Waals surface area (Å²) in [7, 11) is 2.05. The van der Waals surface area contributed by atoms with E-state index >= 15 is 0 Å². The van der Waals surface area contributed by atoms with Crippen molar-refractivity contribution < 1.29 is 4.79 Å². The van der Waals surface area contributed by atoms with Crippen LogP contribution in [0.4, 0.5) is 0 Å². The molecule has 0 aliphatic carbocycles. The second kappa shape index (κ2) is 3.22. The van der Waals surface area contributed by atoms with Gasteiger partial charge in [-0.2, -0.15) is 0 Å². The standard InChI is InChI=1S/C8H16N2O/c1-6(2)8(11)9-7-4-10(3)5-7/h6-7H,4-5H2,1-3H3,(H,9,11). The van der Waals surface area contributed by atoms with Crippen molar-refractivity contribution >= 4 is 5.91 Å². The van der Waals surface area contributed by atoms with Gasteiger partial charge in [0.2, 0.25) is 5.91 Å². The van der Waals surface area contributed by atoms with Crippen LogP contribution in [0.15, 0.2) is 0 Å². The van der Waals surface area contributed by atoms with Gasteiger partial charge in [-0.3, -0.25) is 4.79 Å². The Bertz CT molecular complexity index is 150. The maximum absolute atomic E-state index is 11.1. The fraction of sp³-hybridized carbons (Fsp3) is 0.875. The normalized spacial score (nSPS) is 20.0. The largest absolute Gasteiger partial charge is 0.351 e. The van der Waals surface area contributed by atoms with E-state index in [1.165, 1.54) is 0 Å². The number of hydrogen-bond acceptors (Lipinski definition) is 2. The summed E-state index contributed by atoms with van der Waals surface area (Å²) in [4.78, 5) is 13.3. The third kappa shape index (κ3) is 2.19. The molecule has 0 aromatic rings. The number of nitrogens with one attached hydrogen (secondary N) is 1. The van der Waals surface area contributed by atoms with Crippen LogP contribution < -0.4 is 5.32 Å². The van der Waals surface area contributed by atoms with Crippen LogP contribution >= 0.6 is 0 Å². The van der Waals surface area contributed by atoms with E-state index < -0.39 is 0 Å². The van der Waals surface area contributed by atoms with Gasteiger partial charge in [0.25, 0.3) is 0 Å². The van der Waals surface area contributed by atoms with Gasteiger partial charge in [-0.1, -0.05) is 13.8 Å². The van der Waals surface area contributed by atoms with Crippen molar-refractivity contribution in [3.8, 4) is 0 Å². The fourth-order valence-corrected chi connectivity index (χ4v) is 1.16. The lowest BCUT2D eigenvalue weighted by atomic mass is 10.1. The van der Waals surface area contributed by atoms with Gasteiger partial charge in [0.15, 0.2) is 0 Å². The number of hydrogen-bond donors (Lipinski definition) is 1. The minimum absolute atomic E-state index is 0.112. The van der Waals surface area contributed by atoms with E-state index in [0.29, 0.717) is 6.04 Å². The number of carbonyl (C=O) groups is 1. The Balaban J connectivity index is 2.17. The Hall–Kier alpha value is -0.570. The zero-order valence-electron chi connectivity index (χ0n) is 7.42. The van der Waals surface area contributed by atoms with E-state index in [1.54, 1.807) is 0 Å². The highest BCUT2D eigenvalue weighted by atomic mass is 16.1. The van der Waals surface area contributed by atoms with Crippen molar-refractivity contribution in [2.45, 2.75) is 19.9 Å². The van der Waals surface area contributed by atoms with E-state index in [0.717, 1.165) is 13.1 Å². The number of nitrogens with zero attached hydrogens (tertiary/aromatic N) is 1. The number of likely N-dealkylation sites (N-methyl/N-ethyl adjacent to an activating group) is 1. The molecule has 1 aliphatic heterocycles. The predicted molar refractivity (Wildman–Crippen MR) is 44.3 cm³/mol. The highest BCUT2D eigenvalue weighted by Gasteiger charge is 2.24. The second-order valence-corrected chi connectivity index (χ2v) is 3.58. The molecule has 0 unspecified atom stereocenters. The molecule has 1 rings (SSSR count). The first-order valence-corrected chi connectivity index (χ1v) is 4.08. The zero-order valence-corrected chi connectivity index (χ0v) is 7.42. The summed E-state index contributed by atoms with van der Waals surface area (Å²) in [5.74, 6) is 0.281. The SMILES string of the molecule is CC(C)C(=O)NC1CN(C)C1. The lowest BCUT2D eigenvalue weighted by Crippen LogP contribution is -2.58. The molecule has 0 saturated carbocycles. The monoisotopic (exact) mass is 156 g/mol. The van der Waals surface area contributed by atoms with Crippen molar-refractivity contribution in [2.75, 3.05) is 20.1 Å². The van der Waals surface area contributed by atoms with Crippen LogP contribution in [0.1, 0.15) is 13.8 Å². The summed E-state index contributed by atoms with van der Waals surface area (Å²) in [5, 5.41) is 2.97. The Morgan fingerprint density at radius 3 is 2.45 bits per heavy atom. The van der Waals surface area contributed by atoms with Crippen LogP contribution in [-0.2, 0) is 4.79 Å². The van der Waals surface area contributed by atoms with Gasteiger partial charge in [-0.15, -0.1) is 0 Å². The van der Waals surface area contributed by atoms with E-state index in [2.05, 4.69) is 17.3 Å². The van der Waals surface area contributed by atoms with Gasteiger partial charge in [-0.25, -0.2) is 0 Å². The maximum Gasteiger partial charge on any atom is 0.222 e. The minimum Gasteiger partial charge on any atom is -0.351 e. The molecule has 0 spiro atoms. The minimum atomic E-state index is 0.112. The molecule has 64 valence electrons. The Labute approximate surface area is 67.8 Å². The average Bonchev–Trinajstić information content (AvgIpc) is 1.84. The molecule has 0 aromatic carbocycles. The molecule has 1 amide bonds. The van der Waals surface area contributed by atoms with Crippen LogP contribution in [0.3, 0.4) is 0 Å². The molecular weight excluding hydrogens is 140 g/mol. The first-order valence-electron chi connectivity index (χ1n) is 4.08. The quantitative estimate of drug-likeness (QED) is 0.613. The molecule has 0 aromatic heterocycles. The van der Waals surface area contributed by atoms with Crippen LogP contribution in [0.25, 0.3) is 0 Å². The van der Waals surface area contributed by atoms with Crippen LogP contribution in [0, 0.1) is 5.92 Å². The lowest BCUT2D eigenvalue weighted by Gasteiger charge is -2.36. The van der Waals surface area contributed by atoms with Crippen molar-refractivity contribution in [2.24, 2.45) is 5.92 Å². The smallest absolute Gasteiger partial charge is 0.222 e. The van der Waals surface area contributed by atoms with Gasteiger partial charge < -0.3 is 10.2 Å². The van der Waals surface area contributed by atoms with Gasteiger partial charge in [0.05, 0.1) is 6.04 Å². The van der Waals surface area contributed by atoms with E-state index in [1.807, 2.05) is 13.8 Å². The summed E-state index contributed by atoms with van der Waals surface area (Å²) < 4.78 is 0. The van der Waals surface area contributed by atoms with Crippen molar-refractivity contribution in [3.63, 3.8) is 0 Å². The molecule has 0 radical (unpaired) electrons. The topological polar surface area (TPSA) is 32.3 Å². The van der Waals surface area contributed by atoms with Crippen molar-refractivity contribution in [1.82, 2.24) is 10.2 Å². The van der Waals surface area contributed by atoms with Crippen molar-refractivity contribution in [1.29, 1.82) is 0 Å². The number of carbonyl (C=O) groups excluding carboxylic acids is 1. The van der Waals surface area contributed by atoms with Crippen LogP contribution in [0.2, 0.25) is 0 Å². The lowest BCUT2D eigenvalue weighted by molar-refractivity contribution is -0.125. The maximum atomic E-state index is 11.1.